The number of urea groups is 1. The SMILES string of the molecule is Cl.NC[C@]1(c2cccc(Cl)c2)CC[C@@H](N2CCN(Cc3ccccc3)C2=O)CC1. The standard InChI is InChI=1S/C23H28ClN3O.ClH/c24-20-8-4-7-19(15-20)23(17-25)11-9-21(10-12-23)27-14-13-26(22(27)28)16-18-5-2-1-3-6-18;/h1-8,15,21H,9-14,16-17,25H2;1H/t21-,23+;. The first-order valence-corrected chi connectivity index (χ1v) is 10.5. The Morgan fingerprint density at radius 2 is 1.76 bits per heavy atom. The molecule has 156 valence electrons. The van der Waals surface area contributed by atoms with Crippen molar-refractivity contribution in [2.45, 2.75) is 43.7 Å². The fourth-order valence-electron chi connectivity index (χ4n) is 4.79. The van der Waals surface area contributed by atoms with Crippen molar-refractivity contribution in [3.63, 3.8) is 0 Å². The minimum absolute atomic E-state index is 0. The number of hydrogen-bond donors (Lipinski definition) is 1. The van der Waals surface area contributed by atoms with Crippen molar-refractivity contribution in [3.05, 3.63) is 70.7 Å². The zero-order valence-electron chi connectivity index (χ0n) is 16.6. The highest BCUT2D eigenvalue weighted by Crippen LogP contribution is 2.41. The lowest BCUT2D eigenvalue weighted by Gasteiger charge is -2.42. The molecule has 0 radical (unpaired) electrons. The largest absolute Gasteiger partial charge is 0.330 e. The number of rotatable bonds is 5. The van der Waals surface area contributed by atoms with E-state index in [0.717, 1.165) is 43.8 Å². The molecule has 2 aliphatic rings. The van der Waals surface area contributed by atoms with E-state index in [0.29, 0.717) is 19.1 Å². The van der Waals surface area contributed by atoms with Crippen LogP contribution in [0, 0.1) is 0 Å². The molecule has 1 heterocycles. The summed E-state index contributed by atoms with van der Waals surface area (Å²) in [5.41, 5.74) is 8.62. The molecule has 2 N–H and O–H groups in total. The van der Waals surface area contributed by atoms with Crippen LogP contribution in [0.2, 0.25) is 5.02 Å². The zero-order valence-corrected chi connectivity index (χ0v) is 18.2. The van der Waals surface area contributed by atoms with Crippen molar-refractivity contribution in [1.82, 2.24) is 9.80 Å². The molecule has 0 bridgehead atoms. The summed E-state index contributed by atoms with van der Waals surface area (Å²) in [7, 11) is 0. The number of amides is 2. The normalized spacial score (nSPS) is 24.5. The van der Waals surface area contributed by atoms with Crippen LogP contribution in [-0.2, 0) is 12.0 Å². The molecule has 29 heavy (non-hydrogen) atoms. The quantitative estimate of drug-likeness (QED) is 0.732. The Balaban J connectivity index is 0.00000240. The van der Waals surface area contributed by atoms with Gasteiger partial charge in [0.25, 0.3) is 0 Å². The maximum Gasteiger partial charge on any atom is 0.320 e. The van der Waals surface area contributed by atoms with Crippen molar-refractivity contribution in [3.8, 4) is 0 Å². The average molecular weight is 434 g/mol. The number of nitrogens with zero attached hydrogens (tertiary/aromatic N) is 2. The molecule has 1 saturated carbocycles. The van der Waals surface area contributed by atoms with Gasteiger partial charge >= 0.3 is 6.03 Å². The Labute approximate surface area is 184 Å². The lowest BCUT2D eigenvalue weighted by molar-refractivity contribution is 0.144. The predicted octanol–water partition coefficient (Wildman–Crippen LogP) is 4.84. The summed E-state index contributed by atoms with van der Waals surface area (Å²) in [6, 6.07) is 18.8. The number of benzene rings is 2. The van der Waals surface area contributed by atoms with E-state index in [1.54, 1.807) is 0 Å². The molecule has 1 aliphatic carbocycles. The highest BCUT2D eigenvalue weighted by molar-refractivity contribution is 6.30. The van der Waals surface area contributed by atoms with Gasteiger partial charge in [-0.25, -0.2) is 4.79 Å². The molecule has 6 heteroatoms. The Morgan fingerprint density at radius 3 is 2.41 bits per heavy atom. The predicted molar refractivity (Wildman–Crippen MR) is 121 cm³/mol. The zero-order chi connectivity index (χ0) is 19.6. The second-order valence-corrected chi connectivity index (χ2v) is 8.55. The van der Waals surface area contributed by atoms with Crippen LogP contribution in [0.3, 0.4) is 0 Å². The topological polar surface area (TPSA) is 49.6 Å². The second-order valence-electron chi connectivity index (χ2n) is 8.11. The Morgan fingerprint density at radius 1 is 1.03 bits per heavy atom. The van der Waals surface area contributed by atoms with Gasteiger partial charge in [0.1, 0.15) is 0 Å². The van der Waals surface area contributed by atoms with Crippen molar-refractivity contribution < 1.29 is 4.79 Å². The summed E-state index contributed by atoms with van der Waals surface area (Å²) in [6.07, 6.45) is 3.98. The van der Waals surface area contributed by atoms with Crippen molar-refractivity contribution in [2.24, 2.45) is 5.73 Å². The minimum atomic E-state index is -0.0199. The number of hydrogen-bond acceptors (Lipinski definition) is 2. The fraction of sp³-hybridized carbons (Fsp3) is 0.435. The Hall–Kier alpha value is -1.75. The van der Waals surface area contributed by atoms with E-state index >= 15 is 0 Å². The van der Waals surface area contributed by atoms with Crippen LogP contribution in [0.15, 0.2) is 54.6 Å². The molecule has 0 atom stereocenters. The van der Waals surface area contributed by atoms with Crippen molar-refractivity contribution in [1.29, 1.82) is 0 Å². The van der Waals surface area contributed by atoms with E-state index < -0.39 is 0 Å². The van der Waals surface area contributed by atoms with Gasteiger partial charge in [0.2, 0.25) is 0 Å². The van der Waals surface area contributed by atoms with E-state index in [1.807, 2.05) is 35.2 Å². The van der Waals surface area contributed by atoms with Gasteiger partial charge in [-0.3, -0.25) is 0 Å². The molecule has 2 amide bonds. The number of carbonyl (C=O) groups is 1. The summed E-state index contributed by atoms with van der Waals surface area (Å²) in [4.78, 5) is 17.0. The third kappa shape index (κ3) is 4.55. The summed E-state index contributed by atoms with van der Waals surface area (Å²) in [6.45, 7) is 2.94. The smallest absolute Gasteiger partial charge is 0.320 e. The molecule has 0 aromatic heterocycles. The monoisotopic (exact) mass is 433 g/mol. The summed E-state index contributed by atoms with van der Waals surface area (Å²) in [5.74, 6) is 0. The van der Waals surface area contributed by atoms with Crippen molar-refractivity contribution >= 4 is 30.0 Å². The van der Waals surface area contributed by atoms with Gasteiger partial charge < -0.3 is 15.5 Å². The maximum atomic E-state index is 13.0. The molecular formula is C23H29Cl2N3O. The van der Waals surface area contributed by atoms with Gasteiger partial charge in [0.15, 0.2) is 0 Å². The number of carbonyl (C=O) groups excluding carboxylic acids is 1. The van der Waals surface area contributed by atoms with E-state index in [2.05, 4.69) is 29.2 Å². The van der Waals surface area contributed by atoms with Gasteiger partial charge in [-0.2, -0.15) is 0 Å². The highest BCUT2D eigenvalue weighted by atomic mass is 35.5. The fourth-order valence-corrected chi connectivity index (χ4v) is 4.98. The van der Waals surface area contributed by atoms with E-state index in [9.17, 15) is 4.79 Å². The highest BCUT2D eigenvalue weighted by Gasteiger charge is 2.41. The first-order chi connectivity index (χ1) is 13.6. The van der Waals surface area contributed by atoms with Gasteiger partial charge in [-0.1, -0.05) is 54.1 Å². The lowest BCUT2D eigenvalue weighted by atomic mass is 9.68. The van der Waals surface area contributed by atoms with Gasteiger partial charge in [0, 0.05) is 42.7 Å². The van der Waals surface area contributed by atoms with Crippen LogP contribution >= 0.6 is 24.0 Å². The van der Waals surface area contributed by atoms with Gasteiger partial charge in [-0.05, 0) is 48.9 Å². The molecular weight excluding hydrogens is 405 g/mol. The van der Waals surface area contributed by atoms with E-state index in [1.165, 1.54) is 11.1 Å². The third-order valence-corrected chi connectivity index (χ3v) is 6.76. The van der Waals surface area contributed by atoms with E-state index in [-0.39, 0.29) is 23.9 Å². The first kappa shape index (κ1) is 21.9. The van der Waals surface area contributed by atoms with Crippen LogP contribution < -0.4 is 5.73 Å². The molecule has 0 unspecified atom stereocenters. The Kier molecular flexibility index (Phi) is 7.10. The Bertz CT molecular complexity index is 822. The van der Waals surface area contributed by atoms with Crippen LogP contribution in [-0.4, -0.2) is 41.5 Å². The maximum absolute atomic E-state index is 13.0. The van der Waals surface area contributed by atoms with Crippen LogP contribution in [0.5, 0.6) is 0 Å². The van der Waals surface area contributed by atoms with Gasteiger partial charge in [0.05, 0.1) is 0 Å². The number of nitrogens with two attached hydrogens (primary N) is 1. The lowest BCUT2D eigenvalue weighted by Crippen LogP contribution is -2.46. The molecule has 4 rings (SSSR count). The first-order valence-electron chi connectivity index (χ1n) is 10.2. The number of halogens is 2. The van der Waals surface area contributed by atoms with Crippen LogP contribution in [0.1, 0.15) is 36.8 Å². The van der Waals surface area contributed by atoms with E-state index in [4.69, 9.17) is 17.3 Å². The van der Waals surface area contributed by atoms with Crippen LogP contribution in [0.25, 0.3) is 0 Å². The third-order valence-electron chi connectivity index (χ3n) is 6.52. The molecule has 2 aromatic carbocycles. The average Bonchev–Trinajstić information content (AvgIpc) is 3.09. The summed E-state index contributed by atoms with van der Waals surface area (Å²) in [5, 5.41) is 0.763. The van der Waals surface area contributed by atoms with Crippen LogP contribution in [0.4, 0.5) is 4.79 Å². The van der Waals surface area contributed by atoms with Crippen molar-refractivity contribution in [2.75, 3.05) is 19.6 Å². The molecule has 2 fully saturated rings. The molecule has 0 spiro atoms. The second kappa shape index (κ2) is 9.38. The molecule has 1 saturated heterocycles. The summed E-state index contributed by atoms with van der Waals surface area (Å²) >= 11 is 6.22. The molecule has 4 nitrogen and oxygen atoms in total. The molecule has 2 aromatic rings. The van der Waals surface area contributed by atoms with Gasteiger partial charge in [-0.15, -0.1) is 12.4 Å². The minimum Gasteiger partial charge on any atom is -0.330 e. The summed E-state index contributed by atoms with van der Waals surface area (Å²) < 4.78 is 0. The molecule has 1 aliphatic heterocycles.